The molecule has 0 bridgehead atoms. The second kappa shape index (κ2) is 5.59. The van der Waals surface area contributed by atoms with Crippen LogP contribution in [0.5, 0.6) is 0 Å². The van der Waals surface area contributed by atoms with Crippen LogP contribution in [0.25, 0.3) is 0 Å². The highest BCUT2D eigenvalue weighted by molar-refractivity contribution is 5.99. The van der Waals surface area contributed by atoms with Crippen molar-refractivity contribution in [1.82, 2.24) is 25.1 Å². The summed E-state index contributed by atoms with van der Waals surface area (Å²) in [4.78, 5) is 14.7. The van der Waals surface area contributed by atoms with Crippen LogP contribution in [0.3, 0.4) is 0 Å². The molecule has 0 aliphatic carbocycles. The summed E-state index contributed by atoms with van der Waals surface area (Å²) in [6.45, 7) is 4.40. The zero-order chi connectivity index (χ0) is 16.7. The van der Waals surface area contributed by atoms with Crippen LogP contribution >= 0.6 is 0 Å². The number of aromatic nitrogens is 4. The van der Waals surface area contributed by atoms with Crippen LogP contribution in [-0.2, 0) is 6.54 Å². The van der Waals surface area contributed by atoms with Crippen LogP contribution in [0.2, 0.25) is 0 Å². The Morgan fingerprint density at radius 3 is 2.79 bits per heavy atom. The second-order valence-corrected chi connectivity index (χ2v) is 6.08. The SMILES string of the molecule is CC(C)n1nnnc1C1c2ccccc2C(=O)N1Cc1ccco1. The second-order valence-electron chi connectivity index (χ2n) is 6.08. The molecule has 3 aromatic rings. The van der Waals surface area contributed by atoms with Gasteiger partial charge in [-0.2, -0.15) is 0 Å². The monoisotopic (exact) mass is 323 g/mol. The standard InChI is InChI=1S/C17H17N5O2/c1-11(2)22-16(18-19-20-22)15-13-7-3-4-8-14(13)17(23)21(15)10-12-6-5-9-24-12/h3-9,11,15H,10H2,1-2H3. The lowest BCUT2D eigenvalue weighted by atomic mass is 10.0. The van der Waals surface area contributed by atoms with E-state index in [1.807, 2.05) is 50.2 Å². The average molecular weight is 323 g/mol. The van der Waals surface area contributed by atoms with Gasteiger partial charge in [0.05, 0.1) is 18.8 Å². The smallest absolute Gasteiger partial charge is 0.255 e. The molecule has 1 amide bonds. The third-order valence-corrected chi connectivity index (χ3v) is 4.22. The van der Waals surface area contributed by atoms with Gasteiger partial charge in [0.2, 0.25) is 0 Å². The molecule has 2 aromatic heterocycles. The molecule has 0 N–H and O–H groups in total. The van der Waals surface area contributed by atoms with E-state index in [0.717, 1.165) is 11.3 Å². The fourth-order valence-corrected chi connectivity index (χ4v) is 3.13. The molecule has 1 unspecified atom stereocenters. The number of carbonyl (C=O) groups excluding carboxylic acids is 1. The molecule has 3 heterocycles. The quantitative estimate of drug-likeness (QED) is 0.737. The molecular weight excluding hydrogens is 306 g/mol. The van der Waals surface area contributed by atoms with Crippen molar-refractivity contribution in [2.24, 2.45) is 0 Å². The first-order valence-electron chi connectivity index (χ1n) is 7.87. The van der Waals surface area contributed by atoms with Gasteiger partial charge in [-0.1, -0.05) is 18.2 Å². The minimum atomic E-state index is -0.323. The first kappa shape index (κ1) is 14.6. The Morgan fingerprint density at radius 2 is 2.04 bits per heavy atom. The molecule has 0 saturated carbocycles. The molecule has 0 saturated heterocycles. The maximum atomic E-state index is 12.9. The van der Waals surface area contributed by atoms with Gasteiger partial charge in [0.25, 0.3) is 5.91 Å². The summed E-state index contributed by atoms with van der Waals surface area (Å²) >= 11 is 0. The Hall–Kier alpha value is -2.96. The van der Waals surface area contributed by atoms with Gasteiger partial charge >= 0.3 is 0 Å². The summed E-state index contributed by atoms with van der Waals surface area (Å²) in [5.74, 6) is 1.35. The zero-order valence-electron chi connectivity index (χ0n) is 13.5. The van der Waals surface area contributed by atoms with E-state index in [9.17, 15) is 4.79 Å². The van der Waals surface area contributed by atoms with Crippen LogP contribution in [-0.4, -0.2) is 31.0 Å². The van der Waals surface area contributed by atoms with Crippen LogP contribution < -0.4 is 0 Å². The molecule has 0 fully saturated rings. The average Bonchev–Trinajstić information content (AvgIpc) is 3.29. The molecule has 7 nitrogen and oxygen atoms in total. The van der Waals surface area contributed by atoms with Crippen molar-refractivity contribution in [3.63, 3.8) is 0 Å². The number of benzene rings is 1. The number of fused-ring (bicyclic) bond motifs is 1. The van der Waals surface area contributed by atoms with Gasteiger partial charge in [-0.05, 0) is 48.0 Å². The van der Waals surface area contributed by atoms with E-state index in [2.05, 4.69) is 15.5 Å². The van der Waals surface area contributed by atoms with Gasteiger partial charge in [-0.3, -0.25) is 4.79 Å². The van der Waals surface area contributed by atoms with E-state index in [1.54, 1.807) is 15.8 Å². The molecule has 24 heavy (non-hydrogen) atoms. The van der Waals surface area contributed by atoms with Gasteiger partial charge in [-0.15, -0.1) is 5.10 Å². The van der Waals surface area contributed by atoms with E-state index >= 15 is 0 Å². The predicted molar refractivity (Wildman–Crippen MR) is 85.1 cm³/mol. The van der Waals surface area contributed by atoms with Gasteiger partial charge in [-0.25, -0.2) is 4.68 Å². The number of hydrogen-bond donors (Lipinski definition) is 0. The maximum Gasteiger partial charge on any atom is 0.255 e. The van der Waals surface area contributed by atoms with Gasteiger partial charge in [0, 0.05) is 5.56 Å². The van der Waals surface area contributed by atoms with E-state index in [-0.39, 0.29) is 18.0 Å². The fourth-order valence-electron chi connectivity index (χ4n) is 3.13. The lowest BCUT2D eigenvalue weighted by Gasteiger charge is -2.24. The largest absolute Gasteiger partial charge is 0.467 e. The number of nitrogens with zero attached hydrogens (tertiary/aromatic N) is 5. The highest BCUT2D eigenvalue weighted by Crippen LogP contribution is 2.38. The molecular formula is C17H17N5O2. The predicted octanol–water partition coefficient (Wildman–Crippen LogP) is 2.59. The number of amides is 1. The molecule has 4 rings (SSSR count). The Labute approximate surface area is 138 Å². The van der Waals surface area contributed by atoms with Crippen molar-refractivity contribution in [3.8, 4) is 0 Å². The van der Waals surface area contributed by atoms with Gasteiger partial charge in [0.1, 0.15) is 11.8 Å². The van der Waals surface area contributed by atoms with E-state index in [1.165, 1.54) is 0 Å². The van der Waals surface area contributed by atoms with Crippen molar-refractivity contribution < 1.29 is 9.21 Å². The molecule has 7 heteroatoms. The summed E-state index contributed by atoms with van der Waals surface area (Å²) in [6.07, 6.45) is 1.61. The van der Waals surface area contributed by atoms with E-state index in [0.29, 0.717) is 17.9 Å². The molecule has 1 aliphatic heterocycles. The lowest BCUT2D eigenvalue weighted by molar-refractivity contribution is 0.0713. The Morgan fingerprint density at radius 1 is 1.21 bits per heavy atom. The fraction of sp³-hybridized carbons (Fsp3) is 0.294. The number of hydrogen-bond acceptors (Lipinski definition) is 5. The number of rotatable bonds is 4. The maximum absolute atomic E-state index is 12.9. The minimum Gasteiger partial charge on any atom is -0.467 e. The van der Waals surface area contributed by atoms with Gasteiger partial charge < -0.3 is 9.32 Å². The van der Waals surface area contributed by atoms with Crippen molar-refractivity contribution in [1.29, 1.82) is 0 Å². The lowest BCUT2D eigenvalue weighted by Crippen LogP contribution is -2.30. The Balaban J connectivity index is 1.83. The summed E-state index contributed by atoms with van der Waals surface area (Å²) in [5, 5.41) is 12.1. The molecule has 0 spiro atoms. The van der Waals surface area contributed by atoms with Crippen molar-refractivity contribution in [3.05, 3.63) is 65.4 Å². The molecule has 122 valence electrons. The van der Waals surface area contributed by atoms with E-state index in [4.69, 9.17) is 4.42 Å². The summed E-state index contributed by atoms with van der Waals surface area (Å²) in [7, 11) is 0. The van der Waals surface area contributed by atoms with Crippen LogP contribution in [0.15, 0.2) is 47.1 Å². The van der Waals surface area contributed by atoms with Crippen molar-refractivity contribution >= 4 is 5.91 Å². The topological polar surface area (TPSA) is 77.1 Å². The summed E-state index contributed by atoms with van der Waals surface area (Å²) in [6, 6.07) is 11.1. The third-order valence-electron chi connectivity index (χ3n) is 4.22. The third kappa shape index (κ3) is 2.20. The first-order chi connectivity index (χ1) is 11.7. The molecule has 1 atom stereocenters. The Bertz CT molecular complexity index is 869. The van der Waals surface area contributed by atoms with Crippen molar-refractivity contribution in [2.45, 2.75) is 32.5 Å². The zero-order valence-corrected chi connectivity index (χ0v) is 13.5. The number of furan rings is 1. The van der Waals surface area contributed by atoms with Crippen LogP contribution in [0.4, 0.5) is 0 Å². The normalized spacial score (nSPS) is 16.9. The molecule has 1 aliphatic rings. The van der Waals surface area contributed by atoms with Crippen LogP contribution in [0, 0.1) is 0 Å². The molecule has 0 radical (unpaired) electrons. The molecule has 1 aromatic carbocycles. The minimum absolute atomic E-state index is 0.0368. The summed E-state index contributed by atoms with van der Waals surface area (Å²) in [5.41, 5.74) is 1.61. The number of carbonyl (C=O) groups is 1. The van der Waals surface area contributed by atoms with Crippen LogP contribution in [0.1, 0.15) is 53.4 Å². The highest BCUT2D eigenvalue weighted by atomic mass is 16.3. The first-order valence-corrected chi connectivity index (χ1v) is 7.87. The van der Waals surface area contributed by atoms with Crippen molar-refractivity contribution in [2.75, 3.05) is 0 Å². The highest BCUT2D eigenvalue weighted by Gasteiger charge is 2.41. The van der Waals surface area contributed by atoms with Gasteiger partial charge in [0.15, 0.2) is 5.82 Å². The Kier molecular flexibility index (Phi) is 3.41. The van der Waals surface area contributed by atoms with E-state index < -0.39 is 0 Å². The number of tetrazole rings is 1. The summed E-state index contributed by atoms with van der Waals surface area (Å²) < 4.78 is 7.19.